The van der Waals surface area contributed by atoms with Crippen LogP contribution >= 0.6 is 0 Å². The van der Waals surface area contributed by atoms with Gasteiger partial charge in [0.1, 0.15) is 11.5 Å². The molecule has 0 radical (unpaired) electrons. The Balaban J connectivity index is 1.24. The second kappa shape index (κ2) is 10.3. The van der Waals surface area contributed by atoms with Crippen molar-refractivity contribution in [2.45, 2.75) is 143 Å². The quantitative estimate of drug-likeness (QED) is 0.295. The second-order valence-corrected chi connectivity index (χ2v) is 20.2. The van der Waals surface area contributed by atoms with E-state index < -0.39 is 26.2 Å². The molecule has 0 amide bonds. The molecule has 9 nitrogen and oxygen atoms in total. The molecule has 1 heterocycles. The first-order chi connectivity index (χ1) is 21.6. The van der Waals surface area contributed by atoms with Gasteiger partial charge < -0.3 is 13.1 Å². The summed E-state index contributed by atoms with van der Waals surface area (Å²) in [7, 11) is -9.65. The van der Waals surface area contributed by atoms with Crippen LogP contribution in [0.15, 0.2) is 12.1 Å². The lowest BCUT2D eigenvalue weighted by atomic mass is 9.48. The summed E-state index contributed by atoms with van der Waals surface area (Å²) in [6.45, 7) is 16.9. The van der Waals surface area contributed by atoms with Gasteiger partial charge in [0, 0.05) is 16.5 Å². The number of rotatable bonds is 5. The monoisotopic (exact) mass is 694 g/mol. The lowest BCUT2D eigenvalue weighted by Gasteiger charge is -2.56. The molecule has 0 spiro atoms. The Bertz CT molecular complexity index is 1690. The van der Waals surface area contributed by atoms with Gasteiger partial charge in [0.2, 0.25) is 0 Å². The number of hydrogen-bond acceptors (Lipinski definition) is 7. The van der Waals surface area contributed by atoms with Gasteiger partial charge in [-0.1, -0.05) is 48.0 Å². The maximum Gasteiger partial charge on any atom is 0.446 e. The lowest BCUT2D eigenvalue weighted by molar-refractivity contribution is -0.179. The van der Waals surface area contributed by atoms with E-state index in [4.69, 9.17) is 13.1 Å². The van der Waals surface area contributed by atoms with Crippen LogP contribution in [0.4, 0.5) is 0 Å². The highest BCUT2D eigenvalue weighted by Crippen LogP contribution is 2.74. The SMILES string of the molecule is CC1(C)CCC[C@]2(C)O[C@H]3CC[C@@](C)([C@@H]4CC[C@]5(C)C4CC[C@]4(C)c6c(OS(=O)(=O)O)ccc(OS(=O)(=O)O)c6C[C@H]45)[C@]3(C)CC[C@@H]12. The number of hydrogen-bond donors (Lipinski definition) is 2. The molecule has 1 aromatic rings. The third-order valence-electron chi connectivity index (χ3n) is 15.8. The zero-order valence-corrected chi connectivity index (χ0v) is 30.7. The van der Waals surface area contributed by atoms with Gasteiger partial charge in [-0.05, 0) is 135 Å². The largest absolute Gasteiger partial charge is 0.446 e. The zero-order valence-electron chi connectivity index (χ0n) is 29.1. The van der Waals surface area contributed by atoms with Gasteiger partial charge in [0.15, 0.2) is 0 Å². The van der Waals surface area contributed by atoms with Crippen molar-refractivity contribution in [3.8, 4) is 11.5 Å². The molecular weight excluding hydrogens is 641 g/mol. The predicted octanol–water partition coefficient (Wildman–Crippen LogP) is 7.88. The van der Waals surface area contributed by atoms with Gasteiger partial charge in [0.25, 0.3) is 0 Å². The van der Waals surface area contributed by atoms with Crippen LogP contribution in [0.2, 0.25) is 0 Å². The molecule has 1 aliphatic heterocycles. The molecule has 1 saturated heterocycles. The Morgan fingerprint density at radius 1 is 0.702 bits per heavy atom. The summed E-state index contributed by atoms with van der Waals surface area (Å²) in [6, 6.07) is 2.62. The van der Waals surface area contributed by atoms with E-state index in [1.54, 1.807) is 0 Å². The zero-order chi connectivity index (χ0) is 34.2. The molecule has 5 aliphatic carbocycles. The first-order valence-corrected chi connectivity index (χ1v) is 20.5. The van der Waals surface area contributed by atoms with Crippen molar-refractivity contribution in [1.82, 2.24) is 0 Å². The number of ether oxygens (including phenoxy) is 1. The number of fused-ring (bicyclic) bond motifs is 7. The van der Waals surface area contributed by atoms with Crippen LogP contribution in [0.25, 0.3) is 0 Å². The third-order valence-corrected chi connectivity index (χ3v) is 16.5. The average Bonchev–Trinajstić information content (AvgIpc) is 3.49. The fourth-order valence-electron chi connectivity index (χ4n) is 13.5. The van der Waals surface area contributed by atoms with E-state index in [9.17, 15) is 25.9 Å². The topological polar surface area (TPSA) is 136 Å². The summed E-state index contributed by atoms with van der Waals surface area (Å²) in [5, 5.41) is 0. The minimum Gasteiger partial charge on any atom is -0.371 e. The molecule has 264 valence electrons. The van der Waals surface area contributed by atoms with Crippen molar-refractivity contribution >= 4 is 20.8 Å². The van der Waals surface area contributed by atoms with Crippen molar-refractivity contribution in [3.05, 3.63) is 23.3 Å². The Hall–Kier alpha value is -1.40. The van der Waals surface area contributed by atoms with E-state index in [1.807, 2.05) is 0 Å². The molecule has 6 aliphatic rings. The maximum atomic E-state index is 11.9. The Morgan fingerprint density at radius 2 is 1.32 bits per heavy atom. The Morgan fingerprint density at radius 3 is 2.00 bits per heavy atom. The van der Waals surface area contributed by atoms with Crippen LogP contribution in [0, 0.1) is 45.3 Å². The smallest absolute Gasteiger partial charge is 0.371 e. The fraction of sp³-hybridized carbons (Fsp3) is 0.833. The highest BCUT2D eigenvalue weighted by molar-refractivity contribution is 7.81. The summed E-state index contributed by atoms with van der Waals surface area (Å²) in [5.41, 5.74) is 0.787. The van der Waals surface area contributed by atoms with Crippen LogP contribution in [-0.4, -0.2) is 37.6 Å². The average molecular weight is 695 g/mol. The van der Waals surface area contributed by atoms with Crippen molar-refractivity contribution in [2.75, 3.05) is 0 Å². The van der Waals surface area contributed by atoms with Crippen molar-refractivity contribution in [1.29, 1.82) is 0 Å². The van der Waals surface area contributed by atoms with Gasteiger partial charge in [-0.15, -0.1) is 0 Å². The number of benzene rings is 1. The van der Waals surface area contributed by atoms with Gasteiger partial charge in [-0.2, -0.15) is 16.8 Å². The molecule has 5 fully saturated rings. The fourth-order valence-corrected chi connectivity index (χ4v) is 14.2. The first kappa shape index (κ1) is 34.1. The molecule has 0 bridgehead atoms. The van der Waals surface area contributed by atoms with Crippen molar-refractivity contribution < 1.29 is 39.0 Å². The molecule has 0 aromatic heterocycles. The minimum absolute atomic E-state index is 0.0154. The standard InChI is InChI=1S/C36H54O9S2/c1-31(2)15-8-16-36(7)27(31)13-19-35(6)29(43-36)14-20-34(35,5)24-12-17-32(3)23(24)11-18-33(4)28(32)21-22-25(44-46(37,38)39)9-10-26(30(22)33)45-47(40,41)42/h9-10,23-24,27-29H,8,11-21H2,1-7H3,(H,37,38,39)(H,40,41,42)/t23?,24-,27+,28+,29+,32-,33+,34+,35-,36+/m1/s1. The maximum absolute atomic E-state index is 11.9. The predicted molar refractivity (Wildman–Crippen MR) is 178 cm³/mol. The summed E-state index contributed by atoms with van der Waals surface area (Å²) < 4.78 is 84.2. The molecule has 2 N–H and O–H groups in total. The molecule has 47 heavy (non-hydrogen) atoms. The van der Waals surface area contributed by atoms with Crippen LogP contribution < -0.4 is 8.37 Å². The highest BCUT2D eigenvalue weighted by Gasteiger charge is 2.69. The van der Waals surface area contributed by atoms with Crippen molar-refractivity contribution in [2.24, 2.45) is 45.3 Å². The third kappa shape index (κ3) is 4.97. The Labute approximate surface area is 281 Å². The summed E-state index contributed by atoms with van der Waals surface area (Å²) in [5.74, 6) is 1.51. The van der Waals surface area contributed by atoms with Gasteiger partial charge in [-0.25, -0.2) is 0 Å². The van der Waals surface area contributed by atoms with Crippen LogP contribution in [0.5, 0.6) is 11.5 Å². The summed E-state index contributed by atoms with van der Waals surface area (Å²) in [4.78, 5) is 0. The van der Waals surface area contributed by atoms with E-state index >= 15 is 0 Å². The minimum atomic E-state index is -4.83. The van der Waals surface area contributed by atoms with Crippen LogP contribution in [-0.2, 0) is 37.4 Å². The summed E-state index contributed by atoms with van der Waals surface area (Å²) in [6.07, 6.45) is 12.8. The molecule has 7 rings (SSSR count). The second-order valence-electron chi connectivity index (χ2n) is 18.1. The molecule has 1 aromatic carbocycles. The van der Waals surface area contributed by atoms with Crippen LogP contribution in [0.1, 0.15) is 130 Å². The molecule has 4 saturated carbocycles. The molecule has 10 atom stereocenters. The van der Waals surface area contributed by atoms with Crippen LogP contribution in [0.3, 0.4) is 0 Å². The normalized spacial score (nSPS) is 45.6. The van der Waals surface area contributed by atoms with E-state index in [0.717, 1.165) is 44.9 Å². The van der Waals surface area contributed by atoms with Crippen molar-refractivity contribution in [3.63, 3.8) is 0 Å². The first-order valence-electron chi connectivity index (χ1n) is 17.7. The van der Waals surface area contributed by atoms with Gasteiger partial charge >= 0.3 is 20.8 Å². The lowest BCUT2D eigenvalue weighted by Crippen LogP contribution is -2.52. The Kier molecular flexibility index (Phi) is 7.49. The van der Waals surface area contributed by atoms with E-state index in [0.29, 0.717) is 35.3 Å². The van der Waals surface area contributed by atoms with E-state index in [2.05, 4.69) is 48.5 Å². The van der Waals surface area contributed by atoms with E-state index in [1.165, 1.54) is 37.8 Å². The highest BCUT2D eigenvalue weighted by atomic mass is 32.3. The molecule has 1 unspecified atom stereocenters. The van der Waals surface area contributed by atoms with Gasteiger partial charge in [0.05, 0.1) is 11.7 Å². The molecule has 11 heteroatoms. The molecular formula is C36H54O9S2. The van der Waals surface area contributed by atoms with E-state index in [-0.39, 0.29) is 50.8 Å². The van der Waals surface area contributed by atoms with Gasteiger partial charge in [-0.3, -0.25) is 9.11 Å². The summed E-state index contributed by atoms with van der Waals surface area (Å²) >= 11 is 0.